The lowest BCUT2D eigenvalue weighted by Crippen LogP contribution is -1.88. The largest absolute Gasteiger partial charge is 0.455 e. The number of benzene rings is 4. The van der Waals surface area contributed by atoms with Gasteiger partial charge in [0.05, 0.1) is 5.69 Å². The molecular formula is C33H27NO. The summed E-state index contributed by atoms with van der Waals surface area (Å²) in [6, 6.07) is 30.2. The highest BCUT2D eigenvalue weighted by molar-refractivity contribution is 6.10. The molecule has 0 fully saturated rings. The first-order valence-corrected chi connectivity index (χ1v) is 12.1. The zero-order chi connectivity index (χ0) is 24.1. The minimum Gasteiger partial charge on any atom is -0.455 e. The van der Waals surface area contributed by atoms with Crippen LogP contribution < -0.4 is 0 Å². The molecule has 0 bridgehead atoms. The molecule has 0 aliphatic heterocycles. The Morgan fingerprint density at radius 2 is 1.40 bits per heavy atom. The first-order valence-electron chi connectivity index (χ1n) is 12.1. The topological polar surface area (TPSA) is 26.0 Å². The number of rotatable bonds is 3. The Morgan fingerprint density at radius 1 is 0.600 bits per heavy atom. The van der Waals surface area contributed by atoms with Crippen molar-refractivity contribution in [2.24, 2.45) is 0 Å². The van der Waals surface area contributed by atoms with Crippen LogP contribution in [0.25, 0.3) is 55.4 Å². The minimum absolute atomic E-state index is 0.881. The molecular weight excluding hydrogens is 426 g/mol. The van der Waals surface area contributed by atoms with Crippen molar-refractivity contribution in [1.29, 1.82) is 0 Å². The van der Waals surface area contributed by atoms with Crippen molar-refractivity contribution >= 4 is 21.9 Å². The lowest BCUT2D eigenvalue weighted by molar-refractivity contribution is 0.670. The fourth-order valence-corrected chi connectivity index (χ4v) is 5.31. The van der Waals surface area contributed by atoms with E-state index >= 15 is 0 Å². The van der Waals surface area contributed by atoms with Gasteiger partial charge in [-0.2, -0.15) is 0 Å². The highest BCUT2D eigenvalue weighted by Crippen LogP contribution is 2.38. The van der Waals surface area contributed by atoms with Crippen LogP contribution in [0.3, 0.4) is 0 Å². The Kier molecular flexibility index (Phi) is 5.04. The van der Waals surface area contributed by atoms with Gasteiger partial charge in [-0.05, 0) is 97.0 Å². The molecule has 0 aliphatic rings. The second-order valence-corrected chi connectivity index (χ2v) is 9.51. The molecule has 0 aliphatic carbocycles. The van der Waals surface area contributed by atoms with E-state index in [-0.39, 0.29) is 0 Å². The lowest BCUT2D eigenvalue weighted by atomic mass is 9.95. The molecule has 2 heteroatoms. The van der Waals surface area contributed by atoms with E-state index in [4.69, 9.17) is 9.40 Å². The Labute approximate surface area is 205 Å². The molecule has 0 amide bonds. The number of hydrogen-bond acceptors (Lipinski definition) is 2. The van der Waals surface area contributed by atoms with Gasteiger partial charge >= 0.3 is 0 Å². The van der Waals surface area contributed by atoms with Crippen LogP contribution in [0.4, 0.5) is 0 Å². The molecule has 0 atom stereocenters. The summed E-state index contributed by atoms with van der Waals surface area (Å²) >= 11 is 0. The van der Waals surface area contributed by atoms with Gasteiger partial charge in [-0.25, -0.2) is 0 Å². The normalized spacial score (nSPS) is 11.4. The first-order chi connectivity index (χ1) is 17.0. The molecule has 6 aromatic rings. The zero-order valence-corrected chi connectivity index (χ0v) is 20.5. The van der Waals surface area contributed by atoms with Gasteiger partial charge in [-0.1, -0.05) is 60.2 Å². The van der Waals surface area contributed by atoms with E-state index in [1.165, 1.54) is 38.9 Å². The van der Waals surface area contributed by atoms with Gasteiger partial charge in [0.1, 0.15) is 11.2 Å². The van der Waals surface area contributed by atoms with Gasteiger partial charge < -0.3 is 4.42 Å². The van der Waals surface area contributed by atoms with Gasteiger partial charge in [-0.15, -0.1) is 0 Å². The molecule has 170 valence electrons. The van der Waals surface area contributed by atoms with E-state index in [1.54, 1.807) is 0 Å². The lowest BCUT2D eigenvalue weighted by Gasteiger charge is -2.09. The molecule has 0 spiro atoms. The number of pyridine rings is 1. The third-order valence-electron chi connectivity index (χ3n) is 7.00. The number of furan rings is 1. The van der Waals surface area contributed by atoms with Crippen molar-refractivity contribution in [3.63, 3.8) is 0 Å². The van der Waals surface area contributed by atoms with Crippen molar-refractivity contribution in [2.45, 2.75) is 27.7 Å². The second-order valence-electron chi connectivity index (χ2n) is 9.51. The summed E-state index contributed by atoms with van der Waals surface area (Å²) in [5.41, 5.74) is 13.7. The Hall–Kier alpha value is -4.17. The molecule has 0 saturated heterocycles. The summed E-state index contributed by atoms with van der Waals surface area (Å²) in [6.45, 7) is 8.62. The number of para-hydroxylation sites is 1. The molecule has 0 radical (unpaired) electrons. The van der Waals surface area contributed by atoms with Crippen molar-refractivity contribution < 1.29 is 4.42 Å². The van der Waals surface area contributed by atoms with Crippen LogP contribution in [0, 0.1) is 27.7 Å². The maximum absolute atomic E-state index is 6.52. The van der Waals surface area contributed by atoms with E-state index in [0.717, 1.165) is 38.8 Å². The van der Waals surface area contributed by atoms with Crippen molar-refractivity contribution in [1.82, 2.24) is 4.98 Å². The minimum atomic E-state index is 0.881. The molecule has 0 unspecified atom stereocenters. The zero-order valence-electron chi connectivity index (χ0n) is 20.5. The van der Waals surface area contributed by atoms with Gasteiger partial charge in [0, 0.05) is 22.5 Å². The summed E-state index contributed by atoms with van der Waals surface area (Å²) in [4.78, 5) is 4.73. The third-order valence-corrected chi connectivity index (χ3v) is 7.00. The number of aryl methyl sites for hydroxylation is 4. The summed E-state index contributed by atoms with van der Waals surface area (Å²) in [5, 5.41) is 2.24. The van der Waals surface area contributed by atoms with E-state index in [2.05, 4.69) is 113 Å². The summed E-state index contributed by atoms with van der Waals surface area (Å²) in [5.74, 6) is 0. The standard InChI is InChI=1S/C33H27NO/c1-20-11-13-26(23(4)17-20)24-15-16-34-30(18-24)29-10-6-9-28-27-14-12-25(19-31(27)35-33(28)29)32-21(2)7-5-8-22(32)3/h5-19H,1-4H3. The Bertz CT molecular complexity index is 1720. The third kappa shape index (κ3) is 3.63. The summed E-state index contributed by atoms with van der Waals surface area (Å²) in [6.07, 6.45) is 1.89. The van der Waals surface area contributed by atoms with Crippen molar-refractivity contribution in [3.8, 4) is 33.5 Å². The van der Waals surface area contributed by atoms with E-state index in [1.807, 2.05) is 6.20 Å². The highest BCUT2D eigenvalue weighted by atomic mass is 16.3. The molecule has 35 heavy (non-hydrogen) atoms. The predicted octanol–water partition coefficient (Wildman–Crippen LogP) is 9.22. The maximum atomic E-state index is 6.52. The van der Waals surface area contributed by atoms with Crippen LogP contribution in [-0.2, 0) is 0 Å². The van der Waals surface area contributed by atoms with Crippen molar-refractivity contribution in [3.05, 3.63) is 113 Å². The van der Waals surface area contributed by atoms with Crippen LogP contribution in [0.2, 0.25) is 0 Å². The van der Waals surface area contributed by atoms with Crippen LogP contribution in [0.15, 0.2) is 95.5 Å². The van der Waals surface area contributed by atoms with Crippen LogP contribution in [0.5, 0.6) is 0 Å². The fraction of sp³-hybridized carbons (Fsp3) is 0.121. The molecule has 0 N–H and O–H groups in total. The number of aromatic nitrogens is 1. The molecule has 6 rings (SSSR count). The molecule has 2 nitrogen and oxygen atoms in total. The SMILES string of the molecule is Cc1ccc(-c2ccnc(-c3cccc4c3oc3cc(-c5c(C)cccc5C)ccc34)c2)c(C)c1. The molecule has 4 aromatic carbocycles. The van der Waals surface area contributed by atoms with E-state index < -0.39 is 0 Å². The molecule has 0 saturated carbocycles. The molecule has 2 heterocycles. The number of hydrogen-bond donors (Lipinski definition) is 0. The quantitative estimate of drug-likeness (QED) is 0.267. The second kappa shape index (κ2) is 8.25. The van der Waals surface area contributed by atoms with Gasteiger partial charge in [-0.3, -0.25) is 4.98 Å². The van der Waals surface area contributed by atoms with Gasteiger partial charge in [0.15, 0.2) is 0 Å². The maximum Gasteiger partial charge on any atom is 0.144 e. The van der Waals surface area contributed by atoms with E-state index in [0.29, 0.717) is 0 Å². The van der Waals surface area contributed by atoms with E-state index in [9.17, 15) is 0 Å². The van der Waals surface area contributed by atoms with Crippen LogP contribution in [0.1, 0.15) is 22.3 Å². The number of nitrogens with zero attached hydrogens (tertiary/aromatic N) is 1. The van der Waals surface area contributed by atoms with Gasteiger partial charge in [0.2, 0.25) is 0 Å². The predicted molar refractivity (Wildman–Crippen MR) is 147 cm³/mol. The van der Waals surface area contributed by atoms with Crippen LogP contribution >= 0.6 is 0 Å². The Balaban J connectivity index is 1.51. The fourth-order valence-electron chi connectivity index (χ4n) is 5.31. The first kappa shape index (κ1) is 21.4. The molecule has 2 aromatic heterocycles. The average Bonchev–Trinajstić information content (AvgIpc) is 3.22. The number of fused-ring (bicyclic) bond motifs is 3. The van der Waals surface area contributed by atoms with Crippen molar-refractivity contribution in [2.75, 3.05) is 0 Å². The average molecular weight is 454 g/mol. The summed E-state index contributed by atoms with van der Waals surface area (Å²) < 4.78 is 6.52. The monoisotopic (exact) mass is 453 g/mol. The van der Waals surface area contributed by atoms with Crippen LogP contribution in [-0.4, -0.2) is 4.98 Å². The van der Waals surface area contributed by atoms with Gasteiger partial charge in [0.25, 0.3) is 0 Å². The smallest absolute Gasteiger partial charge is 0.144 e. The highest BCUT2D eigenvalue weighted by Gasteiger charge is 2.15. The Morgan fingerprint density at radius 3 is 2.20 bits per heavy atom. The summed E-state index contributed by atoms with van der Waals surface area (Å²) in [7, 11) is 0.